The fourth-order valence-electron chi connectivity index (χ4n) is 1.69. The van der Waals surface area contributed by atoms with Crippen molar-refractivity contribution in [1.29, 1.82) is 0 Å². The largest absolute Gasteiger partial charge is 0.366 e. The van der Waals surface area contributed by atoms with Gasteiger partial charge in [-0.15, -0.1) is 0 Å². The lowest BCUT2D eigenvalue weighted by Gasteiger charge is -2.09. The summed E-state index contributed by atoms with van der Waals surface area (Å²) in [6.07, 6.45) is 1.67. The van der Waals surface area contributed by atoms with Crippen molar-refractivity contribution in [1.82, 2.24) is 4.57 Å². The molecule has 104 valence electrons. The van der Waals surface area contributed by atoms with Crippen LogP contribution in [0.15, 0.2) is 44.2 Å². The lowest BCUT2D eigenvalue weighted by atomic mass is 10.1. The Labute approximate surface area is 136 Å². The standard InChI is InChI=1S/C13H9Br2ClN2O2/c14-9-4-10(15)13(20)18(6-9)5-8-2-1-7(12(17)19)3-11(8)16/h1-4,6H,5H2,(H2,17,19). The Kier molecular flexibility index (Phi) is 4.67. The number of benzene rings is 1. The minimum atomic E-state index is -0.541. The van der Waals surface area contributed by atoms with Gasteiger partial charge >= 0.3 is 0 Å². The fourth-order valence-corrected chi connectivity index (χ4v) is 3.19. The Balaban J connectivity index is 2.41. The molecule has 20 heavy (non-hydrogen) atoms. The van der Waals surface area contributed by atoms with Crippen LogP contribution in [0, 0.1) is 0 Å². The summed E-state index contributed by atoms with van der Waals surface area (Å²) in [5.41, 5.74) is 6.08. The van der Waals surface area contributed by atoms with Gasteiger partial charge in [-0.05, 0) is 55.6 Å². The summed E-state index contributed by atoms with van der Waals surface area (Å²) >= 11 is 12.6. The molecule has 4 nitrogen and oxygen atoms in total. The molecular weight excluding hydrogens is 411 g/mol. The summed E-state index contributed by atoms with van der Waals surface area (Å²) in [5, 5.41) is 0.393. The predicted octanol–water partition coefficient (Wildman–Crippen LogP) is 3.17. The van der Waals surface area contributed by atoms with E-state index < -0.39 is 5.91 Å². The van der Waals surface area contributed by atoms with Crippen LogP contribution in [0.25, 0.3) is 0 Å². The van der Waals surface area contributed by atoms with Crippen LogP contribution in [0.1, 0.15) is 15.9 Å². The molecule has 0 bridgehead atoms. The van der Waals surface area contributed by atoms with Crippen molar-refractivity contribution < 1.29 is 4.79 Å². The van der Waals surface area contributed by atoms with Crippen LogP contribution >= 0.6 is 43.5 Å². The first-order valence-corrected chi connectivity index (χ1v) is 7.48. The molecule has 2 aromatic rings. The Bertz CT molecular complexity index is 744. The molecule has 0 fully saturated rings. The number of primary amides is 1. The maximum Gasteiger partial charge on any atom is 0.265 e. The third-order valence-corrected chi connectivity index (χ3v) is 4.04. The average molecular weight is 420 g/mol. The van der Waals surface area contributed by atoms with Gasteiger partial charge in [0.15, 0.2) is 0 Å². The fraction of sp³-hybridized carbons (Fsp3) is 0.0769. The van der Waals surface area contributed by atoms with Gasteiger partial charge in [-0.1, -0.05) is 17.7 Å². The number of aromatic nitrogens is 1. The molecule has 0 spiro atoms. The van der Waals surface area contributed by atoms with Gasteiger partial charge in [0, 0.05) is 21.3 Å². The van der Waals surface area contributed by atoms with Crippen LogP contribution in [0.4, 0.5) is 0 Å². The van der Waals surface area contributed by atoms with E-state index in [1.807, 2.05) is 0 Å². The number of pyridine rings is 1. The Hall–Kier alpha value is -1.11. The summed E-state index contributed by atoms with van der Waals surface area (Å²) in [7, 11) is 0. The van der Waals surface area contributed by atoms with Gasteiger partial charge in [0.05, 0.1) is 11.0 Å². The summed E-state index contributed by atoms with van der Waals surface area (Å²) < 4.78 is 2.74. The Morgan fingerprint density at radius 3 is 2.60 bits per heavy atom. The van der Waals surface area contributed by atoms with E-state index in [1.54, 1.807) is 24.4 Å². The average Bonchev–Trinajstić information content (AvgIpc) is 2.37. The van der Waals surface area contributed by atoms with Gasteiger partial charge in [-0.25, -0.2) is 0 Å². The Morgan fingerprint density at radius 1 is 1.30 bits per heavy atom. The van der Waals surface area contributed by atoms with Crippen molar-refractivity contribution in [3.05, 3.63) is 65.9 Å². The highest BCUT2D eigenvalue weighted by molar-refractivity contribution is 9.11. The number of carbonyl (C=O) groups is 1. The Morgan fingerprint density at radius 2 is 2.00 bits per heavy atom. The zero-order chi connectivity index (χ0) is 14.9. The van der Waals surface area contributed by atoms with Crippen molar-refractivity contribution >= 4 is 49.4 Å². The molecule has 0 saturated carbocycles. The van der Waals surface area contributed by atoms with Gasteiger partial charge in [-0.2, -0.15) is 0 Å². The molecule has 0 aliphatic carbocycles. The molecule has 0 radical (unpaired) electrons. The molecule has 1 heterocycles. The number of nitrogens with two attached hydrogens (primary N) is 1. The number of halogens is 3. The number of hydrogen-bond acceptors (Lipinski definition) is 2. The topological polar surface area (TPSA) is 65.1 Å². The quantitative estimate of drug-likeness (QED) is 0.829. The molecule has 2 N–H and O–H groups in total. The molecule has 1 amide bonds. The zero-order valence-corrected chi connectivity index (χ0v) is 14.0. The van der Waals surface area contributed by atoms with E-state index in [9.17, 15) is 9.59 Å². The van der Waals surface area contributed by atoms with Crippen LogP contribution in [-0.2, 0) is 6.54 Å². The van der Waals surface area contributed by atoms with E-state index >= 15 is 0 Å². The van der Waals surface area contributed by atoms with Crippen LogP contribution < -0.4 is 11.3 Å². The van der Waals surface area contributed by atoms with E-state index in [0.29, 0.717) is 21.6 Å². The highest BCUT2D eigenvalue weighted by Gasteiger charge is 2.09. The van der Waals surface area contributed by atoms with Crippen LogP contribution in [0.5, 0.6) is 0 Å². The molecule has 0 aliphatic rings. The minimum Gasteiger partial charge on any atom is -0.366 e. The highest BCUT2D eigenvalue weighted by atomic mass is 79.9. The van der Waals surface area contributed by atoms with Gasteiger partial charge in [0.25, 0.3) is 5.56 Å². The summed E-state index contributed by atoms with van der Waals surface area (Å²) in [6, 6.07) is 6.44. The van der Waals surface area contributed by atoms with E-state index in [1.165, 1.54) is 10.6 Å². The number of rotatable bonds is 3. The first-order valence-electron chi connectivity index (χ1n) is 5.52. The number of nitrogens with zero attached hydrogens (tertiary/aromatic N) is 1. The number of hydrogen-bond donors (Lipinski definition) is 1. The third kappa shape index (κ3) is 3.31. The monoisotopic (exact) mass is 418 g/mol. The molecule has 0 aliphatic heterocycles. The van der Waals surface area contributed by atoms with Crippen molar-refractivity contribution in [3.8, 4) is 0 Å². The van der Waals surface area contributed by atoms with Gasteiger partial charge in [0.1, 0.15) is 0 Å². The lowest BCUT2D eigenvalue weighted by molar-refractivity contribution is 0.100. The van der Waals surface area contributed by atoms with Crippen molar-refractivity contribution in [3.63, 3.8) is 0 Å². The smallest absolute Gasteiger partial charge is 0.265 e. The van der Waals surface area contributed by atoms with Gasteiger partial charge < -0.3 is 10.3 Å². The van der Waals surface area contributed by atoms with Crippen molar-refractivity contribution in [2.24, 2.45) is 5.73 Å². The molecule has 0 atom stereocenters. The zero-order valence-electron chi connectivity index (χ0n) is 10.1. The van der Waals surface area contributed by atoms with E-state index in [4.69, 9.17) is 17.3 Å². The van der Waals surface area contributed by atoms with E-state index in [-0.39, 0.29) is 5.56 Å². The van der Waals surface area contributed by atoms with E-state index in [2.05, 4.69) is 31.9 Å². The maximum absolute atomic E-state index is 12.0. The van der Waals surface area contributed by atoms with Crippen LogP contribution in [0.2, 0.25) is 5.02 Å². The summed E-state index contributed by atoms with van der Waals surface area (Å²) in [5.74, 6) is -0.541. The molecule has 1 aromatic carbocycles. The number of amides is 1. The second-order valence-corrected chi connectivity index (χ2v) is 6.29. The van der Waals surface area contributed by atoms with Gasteiger partial charge in [-0.3, -0.25) is 9.59 Å². The summed E-state index contributed by atoms with van der Waals surface area (Å²) in [4.78, 5) is 23.1. The summed E-state index contributed by atoms with van der Waals surface area (Å²) in [6.45, 7) is 0.300. The molecular formula is C13H9Br2ClN2O2. The van der Waals surface area contributed by atoms with Crippen LogP contribution in [-0.4, -0.2) is 10.5 Å². The molecule has 0 unspecified atom stereocenters. The molecule has 1 aromatic heterocycles. The normalized spacial score (nSPS) is 10.6. The third-order valence-electron chi connectivity index (χ3n) is 2.69. The van der Waals surface area contributed by atoms with Gasteiger partial charge in [0.2, 0.25) is 5.91 Å². The first-order chi connectivity index (χ1) is 9.38. The molecule has 7 heteroatoms. The lowest BCUT2D eigenvalue weighted by Crippen LogP contribution is -2.21. The molecule has 2 rings (SSSR count). The van der Waals surface area contributed by atoms with E-state index in [0.717, 1.165) is 10.0 Å². The SMILES string of the molecule is NC(=O)c1ccc(Cn2cc(Br)cc(Br)c2=O)c(Cl)c1. The minimum absolute atomic E-state index is 0.164. The van der Waals surface area contributed by atoms with Crippen molar-refractivity contribution in [2.75, 3.05) is 0 Å². The second-order valence-electron chi connectivity index (χ2n) is 4.11. The second kappa shape index (κ2) is 6.11. The highest BCUT2D eigenvalue weighted by Crippen LogP contribution is 2.20. The number of carbonyl (C=O) groups excluding carboxylic acids is 1. The predicted molar refractivity (Wildman–Crippen MR) is 85.2 cm³/mol. The first kappa shape index (κ1) is 15.3. The van der Waals surface area contributed by atoms with Crippen molar-refractivity contribution in [2.45, 2.75) is 6.54 Å². The van der Waals surface area contributed by atoms with Crippen LogP contribution in [0.3, 0.4) is 0 Å². The maximum atomic E-state index is 12.0. The molecule has 0 saturated heterocycles.